The molecule has 3 rings (SSSR count). The molecule has 0 spiro atoms. The summed E-state index contributed by atoms with van der Waals surface area (Å²) in [4.78, 5) is 0. The summed E-state index contributed by atoms with van der Waals surface area (Å²) in [6, 6.07) is 10.9. The lowest BCUT2D eigenvalue weighted by Crippen LogP contribution is -2.24. The predicted molar refractivity (Wildman–Crippen MR) is 83.7 cm³/mol. The quantitative estimate of drug-likeness (QED) is 0.938. The van der Waals surface area contributed by atoms with E-state index in [-0.39, 0.29) is 0 Å². The zero-order chi connectivity index (χ0) is 14.8. The van der Waals surface area contributed by atoms with Crippen molar-refractivity contribution in [1.82, 2.24) is 15.1 Å². The number of hydrogen-bond acceptors (Lipinski definition) is 3. The Morgan fingerprint density at radius 2 is 2.24 bits per heavy atom. The van der Waals surface area contributed by atoms with Crippen LogP contribution in [0.5, 0.6) is 5.75 Å². The van der Waals surface area contributed by atoms with Crippen molar-refractivity contribution in [3.63, 3.8) is 0 Å². The van der Waals surface area contributed by atoms with Crippen LogP contribution >= 0.6 is 0 Å². The molecular weight excluding hydrogens is 262 g/mol. The van der Waals surface area contributed by atoms with E-state index in [0.717, 1.165) is 30.9 Å². The van der Waals surface area contributed by atoms with Crippen molar-refractivity contribution in [2.24, 2.45) is 7.05 Å². The molecule has 1 aliphatic heterocycles. The number of fused-ring (bicyclic) bond motifs is 1. The normalized spacial score (nSPS) is 18.9. The van der Waals surface area contributed by atoms with Gasteiger partial charge >= 0.3 is 0 Å². The van der Waals surface area contributed by atoms with Crippen LogP contribution < -0.4 is 10.1 Å². The molecule has 2 unspecified atom stereocenters. The zero-order valence-corrected chi connectivity index (χ0v) is 13.0. The number of ether oxygens (including phenoxy) is 1. The maximum absolute atomic E-state index is 5.76. The fraction of sp³-hybridized carbons (Fsp3) is 0.471. The number of nitrogens with zero attached hydrogens (tertiary/aromatic N) is 2. The summed E-state index contributed by atoms with van der Waals surface area (Å²) in [5.74, 6) is 1.58. The zero-order valence-electron chi connectivity index (χ0n) is 13.0. The van der Waals surface area contributed by atoms with Crippen LogP contribution in [-0.2, 0) is 7.05 Å². The van der Waals surface area contributed by atoms with Crippen molar-refractivity contribution < 1.29 is 4.74 Å². The Morgan fingerprint density at radius 1 is 1.43 bits per heavy atom. The van der Waals surface area contributed by atoms with Gasteiger partial charge in [-0.1, -0.05) is 18.2 Å². The maximum atomic E-state index is 5.76. The first-order valence-electron chi connectivity index (χ1n) is 7.58. The predicted octanol–water partition coefficient (Wildman–Crippen LogP) is 2.95. The Labute approximate surface area is 126 Å². The van der Waals surface area contributed by atoms with E-state index in [4.69, 9.17) is 4.74 Å². The van der Waals surface area contributed by atoms with Crippen LogP contribution in [0.3, 0.4) is 0 Å². The Kier molecular flexibility index (Phi) is 3.97. The van der Waals surface area contributed by atoms with E-state index >= 15 is 0 Å². The molecule has 0 radical (unpaired) electrons. The topological polar surface area (TPSA) is 39.1 Å². The van der Waals surface area contributed by atoms with E-state index in [1.807, 2.05) is 31.8 Å². The van der Waals surface area contributed by atoms with E-state index in [0.29, 0.717) is 12.0 Å². The molecule has 0 amide bonds. The number of aryl methyl sites for hydroxylation is 2. The van der Waals surface area contributed by atoms with Gasteiger partial charge in [0, 0.05) is 13.1 Å². The molecule has 0 aliphatic carbocycles. The summed E-state index contributed by atoms with van der Waals surface area (Å²) in [5, 5.41) is 7.92. The third-order valence-corrected chi connectivity index (χ3v) is 4.35. The molecule has 2 atom stereocenters. The molecule has 4 nitrogen and oxygen atoms in total. The highest BCUT2D eigenvalue weighted by Gasteiger charge is 2.25. The van der Waals surface area contributed by atoms with Gasteiger partial charge in [0.15, 0.2) is 0 Å². The van der Waals surface area contributed by atoms with Crippen LogP contribution in [0, 0.1) is 6.92 Å². The van der Waals surface area contributed by atoms with E-state index in [2.05, 4.69) is 34.7 Å². The number of aromatic nitrogens is 2. The summed E-state index contributed by atoms with van der Waals surface area (Å²) < 4.78 is 7.75. The SMILES string of the molecule is CNC(CC1CCOc2ccccc21)c1cc(C)nn1C. The molecule has 0 bridgehead atoms. The van der Waals surface area contributed by atoms with Crippen molar-refractivity contribution in [3.05, 3.63) is 47.3 Å². The molecule has 0 saturated carbocycles. The average Bonchev–Trinajstić information content (AvgIpc) is 2.83. The fourth-order valence-corrected chi connectivity index (χ4v) is 3.29. The van der Waals surface area contributed by atoms with Crippen LogP contribution in [-0.4, -0.2) is 23.4 Å². The highest BCUT2D eigenvalue weighted by Crippen LogP contribution is 2.38. The monoisotopic (exact) mass is 285 g/mol. The van der Waals surface area contributed by atoms with Gasteiger partial charge in [0.05, 0.1) is 18.0 Å². The number of para-hydroxylation sites is 1. The number of hydrogen-bond donors (Lipinski definition) is 1. The lowest BCUT2D eigenvalue weighted by molar-refractivity contribution is 0.255. The number of rotatable bonds is 4. The van der Waals surface area contributed by atoms with Crippen LogP contribution in [0.25, 0.3) is 0 Å². The van der Waals surface area contributed by atoms with Crippen molar-refractivity contribution in [3.8, 4) is 5.75 Å². The maximum Gasteiger partial charge on any atom is 0.122 e. The molecular formula is C17H23N3O. The molecule has 1 aliphatic rings. The second-order valence-electron chi connectivity index (χ2n) is 5.78. The number of nitrogens with one attached hydrogen (secondary N) is 1. The molecule has 0 saturated heterocycles. The third kappa shape index (κ3) is 2.81. The molecule has 0 fully saturated rings. The van der Waals surface area contributed by atoms with Gasteiger partial charge in [0.2, 0.25) is 0 Å². The molecule has 1 aromatic heterocycles. The van der Waals surface area contributed by atoms with Crippen LogP contribution in [0.2, 0.25) is 0 Å². The van der Waals surface area contributed by atoms with Gasteiger partial charge < -0.3 is 10.1 Å². The highest BCUT2D eigenvalue weighted by atomic mass is 16.5. The summed E-state index contributed by atoms with van der Waals surface area (Å²) in [5.41, 5.74) is 3.65. The van der Waals surface area contributed by atoms with Crippen LogP contribution in [0.1, 0.15) is 41.8 Å². The van der Waals surface area contributed by atoms with Gasteiger partial charge in [-0.15, -0.1) is 0 Å². The van der Waals surface area contributed by atoms with Gasteiger partial charge in [-0.2, -0.15) is 5.10 Å². The smallest absolute Gasteiger partial charge is 0.122 e. The lowest BCUT2D eigenvalue weighted by Gasteiger charge is -2.29. The molecule has 1 N–H and O–H groups in total. The van der Waals surface area contributed by atoms with Gasteiger partial charge in [0.1, 0.15) is 5.75 Å². The minimum Gasteiger partial charge on any atom is -0.493 e. The lowest BCUT2D eigenvalue weighted by atomic mass is 9.86. The fourth-order valence-electron chi connectivity index (χ4n) is 3.29. The molecule has 21 heavy (non-hydrogen) atoms. The van der Waals surface area contributed by atoms with Gasteiger partial charge in [-0.25, -0.2) is 0 Å². The van der Waals surface area contributed by atoms with Gasteiger partial charge in [-0.05, 0) is 50.4 Å². The first-order valence-corrected chi connectivity index (χ1v) is 7.58. The van der Waals surface area contributed by atoms with Crippen molar-refractivity contribution in [2.45, 2.75) is 31.7 Å². The van der Waals surface area contributed by atoms with Crippen molar-refractivity contribution in [2.75, 3.05) is 13.7 Å². The van der Waals surface area contributed by atoms with E-state index in [1.165, 1.54) is 11.3 Å². The first kappa shape index (κ1) is 14.1. The molecule has 2 aromatic rings. The minimum absolute atomic E-state index is 0.312. The summed E-state index contributed by atoms with van der Waals surface area (Å²) in [6.07, 6.45) is 2.14. The van der Waals surface area contributed by atoms with E-state index in [9.17, 15) is 0 Å². The van der Waals surface area contributed by atoms with Gasteiger partial charge in [-0.3, -0.25) is 4.68 Å². The minimum atomic E-state index is 0.312. The Hall–Kier alpha value is -1.81. The Bertz CT molecular complexity index is 620. The third-order valence-electron chi connectivity index (χ3n) is 4.35. The Morgan fingerprint density at radius 3 is 2.95 bits per heavy atom. The standard InChI is InChI=1S/C17H23N3O/c1-12-10-16(20(3)19-12)15(18-2)11-13-8-9-21-17-7-5-4-6-14(13)17/h4-7,10,13,15,18H,8-9,11H2,1-3H3. The molecule has 112 valence electrons. The summed E-state index contributed by atoms with van der Waals surface area (Å²) >= 11 is 0. The van der Waals surface area contributed by atoms with Gasteiger partial charge in [0.25, 0.3) is 0 Å². The summed E-state index contributed by atoms with van der Waals surface area (Å²) in [6.45, 7) is 2.85. The Balaban J connectivity index is 1.84. The first-order chi connectivity index (χ1) is 10.2. The van der Waals surface area contributed by atoms with E-state index < -0.39 is 0 Å². The van der Waals surface area contributed by atoms with Crippen LogP contribution in [0.15, 0.2) is 30.3 Å². The van der Waals surface area contributed by atoms with E-state index in [1.54, 1.807) is 0 Å². The second-order valence-corrected chi connectivity index (χ2v) is 5.78. The van der Waals surface area contributed by atoms with Crippen LogP contribution in [0.4, 0.5) is 0 Å². The molecule has 2 heterocycles. The molecule has 4 heteroatoms. The largest absolute Gasteiger partial charge is 0.493 e. The van der Waals surface area contributed by atoms with Crippen molar-refractivity contribution in [1.29, 1.82) is 0 Å². The van der Waals surface area contributed by atoms with Crippen molar-refractivity contribution >= 4 is 0 Å². The highest BCUT2D eigenvalue weighted by molar-refractivity contribution is 5.38. The average molecular weight is 285 g/mol. The second kappa shape index (κ2) is 5.90. The molecule has 1 aromatic carbocycles. The number of benzene rings is 1. The summed E-state index contributed by atoms with van der Waals surface area (Å²) in [7, 11) is 4.04.